The quantitative estimate of drug-likeness (QED) is 0.634. The average Bonchev–Trinajstić information content (AvgIpc) is 2.41. The monoisotopic (exact) mass is 297 g/mol. The Kier molecular flexibility index (Phi) is 4.56. The summed E-state index contributed by atoms with van der Waals surface area (Å²) in [6.07, 6.45) is 2.12. The van der Waals surface area contributed by atoms with E-state index in [2.05, 4.69) is 15.0 Å². The maximum Gasteiger partial charge on any atom is 0.228 e. The van der Waals surface area contributed by atoms with Crippen LogP contribution < -0.4 is 4.74 Å². The van der Waals surface area contributed by atoms with Crippen molar-refractivity contribution < 1.29 is 4.74 Å². The number of hydrogen-bond acceptors (Lipinski definition) is 4. The topological polar surface area (TPSA) is 47.9 Å². The second kappa shape index (κ2) is 6.17. The molecular formula is C13H13Cl2N3O. The molecule has 2 rings (SSSR count). The second-order valence-electron chi connectivity index (χ2n) is 3.93. The van der Waals surface area contributed by atoms with Gasteiger partial charge in [-0.05, 0) is 25.5 Å². The van der Waals surface area contributed by atoms with Crippen LogP contribution >= 0.6 is 23.2 Å². The van der Waals surface area contributed by atoms with Crippen molar-refractivity contribution in [2.45, 2.75) is 26.1 Å². The molecule has 0 fully saturated rings. The van der Waals surface area contributed by atoms with Gasteiger partial charge in [-0.15, -0.1) is 11.6 Å². The fourth-order valence-corrected chi connectivity index (χ4v) is 2.12. The summed E-state index contributed by atoms with van der Waals surface area (Å²) in [6, 6.07) is 3.76. The van der Waals surface area contributed by atoms with E-state index in [0.717, 1.165) is 17.8 Å². The molecule has 0 spiro atoms. The molecule has 0 aliphatic carbocycles. The largest absolute Gasteiger partial charge is 0.437 e. The lowest BCUT2D eigenvalue weighted by Crippen LogP contribution is -2.00. The summed E-state index contributed by atoms with van der Waals surface area (Å²) in [6.45, 7) is 3.96. The van der Waals surface area contributed by atoms with Crippen molar-refractivity contribution in [3.63, 3.8) is 0 Å². The number of ether oxygens (including phenoxy) is 1. The third-order valence-corrected chi connectivity index (χ3v) is 3.19. The van der Waals surface area contributed by atoms with Crippen molar-refractivity contribution >= 4 is 23.2 Å². The van der Waals surface area contributed by atoms with E-state index in [4.69, 9.17) is 27.9 Å². The predicted octanol–water partition coefficient (Wildman–Crippen LogP) is 3.93. The van der Waals surface area contributed by atoms with E-state index in [1.165, 1.54) is 6.33 Å². The first-order chi connectivity index (χ1) is 9.15. The first-order valence-electron chi connectivity index (χ1n) is 5.85. The van der Waals surface area contributed by atoms with E-state index < -0.39 is 0 Å². The van der Waals surface area contributed by atoms with Gasteiger partial charge in [0.2, 0.25) is 5.88 Å². The SMILES string of the molecule is CCc1nc(C)ccc1Oc1ncnc(Cl)c1CCl. The molecule has 0 aromatic carbocycles. The van der Waals surface area contributed by atoms with Gasteiger partial charge in [0, 0.05) is 5.69 Å². The minimum absolute atomic E-state index is 0.190. The van der Waals surface area contributed by atoms with Gasteiger partial charge in [0.05, 0.1) is 17.1 Å². The van der Waals surface area contributed by atoms with E-state index in [-0.39, 0.29) is 5.88 Å². The first kappa shape index (κ1) is 14.0. The number of pyridine rings is 1. The smallest absolute Gasteiger partial charge is 0.228 e. The van der Waals surface area contributed by atoms with Gasteiger partial charge in [0.15, 0.2) is 5.75 Å². The van der Waals surface area contributed by atoms with Crippen LogP contribution in [0.3, 0.4) is 0 Å². The third-order valence-electron chi connectivity index (χ3n) is 2.60. The highest BCUT2D eigenvalue weighted by atomic mass is 35.5. The van der Waals surface area contributed by atoms with Crippen LogP contribution in [0.4, 0.5) is 0 Å². The number of hydrogen-bond donors (Lipinski definition) is 0. The Balaban J connectivity index is 2.39. The van der Waals surface area contributed by atoms with E-state index in [1.807, 2.05) is 26.0 Å². The molecule has 2 heterocycles. The molecule has 100 valence electrons. The van der Waals surface area contributed by atoms with Crippen LogP contribution in [0, 0.1) is 6.92 Å². The van der Waals surface area contributed by atoms with Gasteiger partial charge in [-0.1, -0.05) is 18.5 Å². The summed E-state index contributed by atoms with van der Waals surface area (Å²) in [5.41, 5.74) is 2.39. The Hall–Kier alpha value is -1.39. The summed E-state index contributed by atoms with van der Waals surface area (Å²) in [5, 5.41) is 0.304. The number of aromatic nitrogens is 3. The summed E-state index contributed by atoms with van der Waals surface area (Å²) in [7, 11) is 0. The van der Waals surface area contributed by atoms with Gasteiger partial charge in [-0.3, -0.25) is 4.98 Å². The molecule has 0 saturated heterocycles. The number of aryl methyl sites for hydroxylation is 2. The minimum Gasteiger partial charge on any atom is -0.437 e. The van der Waals surface area contributed by atoms with E-state index >= 15 is 0 Å². The van der Waals surface area contributed by atoms with Crippen molar-refractivity contribution in [1.29, 1.82) is 0 Å². The van der Waals surface area contributed by atoms with Gasteiger partial charge in [-0.25, -0.2) is 9.97 Å². The van der Waals surface area contributed by atoms with Gasteiger partial charge in [-0.2, -0.15) is 0 Å². The number of nitrogens with zero attached hydrogens (tertiary/aromatic N) is 3. The van der Waals surface area contributed by atoms with Crippen LogP contribution in [0.1, 0.15) is 23.9 Å². The Morgan fingerprint density at radius 2 is 2.05 bits per heavy atom. The Bertz CT molecular complexity index is 590. The van der Waals surface area contributed by atoms with Crippen molar-refractivity contribution in [2.75, 3.05) is 0 Å². The van der Waals surface area contributed by atoms with Gasteiger partial charge in [0.1, 0.15) is 11.5 Å². The lowest BCUT2D eigenvalue weighted by molar-refractivity contribution is 0.448. The van der Waals surface area contributed by atoms with Crippen LogP contribution in [0.5, 0.6) is 11.6 Å². The zero-order valence-corrected chi connectivity index (χ0v) is 12.2. The van der Waals surface area contributed by atoms with Crippen LogP contribution in [0.15, 0.2) is 18.5 Å². The van der Waals surface area contributed by atoms with Crippen LogP contribution in [0.25, 0.3) is 0 Å². The normalized spacial score (nSPS) is 10.5. The number of rotatable bonds is 4. The van der Waals surface area contributed by atoms with Crippen LogP contribution in [-0.2, 0) is 12.3 Å². The zero-order chi connectivity index (χ0) is 13.8. The van der Waals surface area contributed by atoms with Crippen LogP contribution in [0.2, 0.25) is 5.15 Å². The van der Waals surface area contributed by atoms with Crippen molar-refractivity contribution in [1.82, 2.24) is 15.0 Å². The molecule has 2 aromatic rings. The van der Waals surface area contributed by atoms with Crippen molar-refractivity contribution in [3.8, 4) is 11.6 Å². The molecule has 0 aliphatic heterocycles. The fraction of sp³-hybridized carbons (Fsp3) is 0.308. The molecular weight excluding hydrogens is 285 g/mol. The summed E-state index contributed by atoms with van der Waals surface area (Å²) < 4.78 is 5.78. The standard InChI is InChI=1S/C13H13Cl2N3O/c1-3-10-11(5-4-8(2)18-10)19-13-9(6-14)12(15)16-7-17-13/h4-5,7H,3,6H2,1-2H3. The maximum absolute atomic E-state index is 5.96. The van der Waals surface area contributed by atoms with Crippen molar-refractivity contribution in [3.05, 3.63) is 40.6 Å². The Labute approximate surface area is 121 Å². The van der Waals surface area contributed by atoms with Crippen LogP contribution in [-0.4, -0.2) is 15.0 Å². The number of halogens is 2. The van der Waals surface area contributed by atoms with E-state index in [1.54, 1.807) is 0 Å². The lowest BCUT2D eigenvalue weighted by atomic mass is 10.2. The minimum atomic E-state index is 0.190. The molecule has 0 atom stereocenters. The first-order valence-corrected chi connectivity index (χ1v) is 6.76. The highest BCUT2D eigenvalue weighted by Crippen LogP contribution is 2.29. The van der Waals surface area contributed by atoms with Gasteiger partial charge < -0.3 is 4.74 Å². The molecule has 4 nitrogen and oxygen atoms in total. The highest BCUT2D eigenvalue weighted by molar-refractivity contribution is 6.31. The molecule has 6 heteroatoms. The molecule has 0 unspecified atom stereocenters. The number of alkyl halides is 1. The lowest BCUT2D eigenvalue weighted by Gasteiger charge is -2.11. The molecule has 0 bridgehead atoms. The second-order valence-corrected chi connectivity index (χ2v) is 4.56. The van der Waals surface area contributed by atoms with Crippen molar-refractivity contribution in [2.24, 2.45) is 0 Å². The third kappa shape index (κ3) is 3.14. The highest BCUT2D eigenvalue weighted by Gasteiger charge is 2.13. The Morgan fingerprint density at radius 3 is 2.74 bits per heavy atom. The maximum atomic E-state index is 5.96. The summed E-state index contributed by atoms with van der Waals surface area (Å²) >= 11 is 11.8. The fourth-order valence-electron chi connectivity index (χ4n) is 1.62. The van der Waals surface area contributed by atoms with Gasteiger partial charge >= 0.3 is 0 Å². The van der Waals surface area contributed by atoms with E-state index in [9.17, 15) is 0 Å². The average molecular weight is 298 g/mol. The predicted molar refractivity (Wildman–Crippen MR) is 75.0 cm³/mol. The van der Waals surface area contributed by atoms with E-state index in [0.29, 0.717) is 22.3 Å². The summed E-state index contributed by atoms with van der Waals surface area (Å²) in [5.74, 6) is 1.22. The molecule has 0 N–H and O–H groups in total. The molecule has 0 saturated carbocycles. The molecule has 0 radical (unpaired) electrons. The summed E-state index contributed by atoms with van der Waals surface area (Å²) in [4.78, 5) is 12.4. The Morgan fingerprint density at radius 1 is 1.26 bits per heavy atom. The zero-order valence-electron chi connectivity index (χ0n) is 10.7. The van der Waals surface area contributed by atoms with Gasteiger partial charge in [0.25, 0.3) is 0 Å². The molecule has 0 amide bonds. The molecule has 0 aliphatic rings. The molecule has 2 aromatic heterocycles. The molecule has 19 heavy (non-hydrogen) atoms.